The summed E-state index contributed by atoms with van der Waals surface area (Å²) in [6, 6.07) is 6.71. The topological polar surface area (TPSA) is 80.3 Å². The van der Waals surface area contributed by atoms with Crippen LogP contribution in [0.3, 0.4) is 0 Å². The van der Waals surface area contributed by atoms with Gasteiger partial charge < -0.3 is 23.7 Å². The maximum absolute atomic E-state index is 12.5. The lowest BCUT2D eigenvalue weighted by Gasteiger charge is -2.19. The van der Waals surface area contributed by atoms with E-state index >= 15 is 0 Å². The van der Waals surface area contributed by atoms with Crippen molar-refractivity contribution in [1.29, 1.82) is 0 Å². The van der Waals surface area contributed by atoms with Gasteiger partial charge in [0, 0.05) is 11.1 Å². The Bertz CT molecular complexity index is 952. The highest BCUT2D eigenvalue weighted by atomic mass is 16.5. The van der Waals surface area contributed by atoms with E-state index in [1.165, 1.54) is 20.3 Å². The number of methoxy groups -OCH3 is 4. The average Bonchev–Trinajstić information content (AvgIpc) is 2.95. The van der Waals surface area contributed by atoms with Crippen molar-refractivity contribution in [2.24, 2.45) is 0 Å². The monoisotopic (exact) mass is 386 g/mol. The maximum Gasteiger partial charge on any atom is 0.293 e. The molecule has 7 nitrogen and oxygen atoms in total. The third-order valence-electron chi connectivity index (χ3n) is 4.89. The molecule has 1 atom stereocenters. The van der Waals surface area contributed by atoms with E-state index < -0.39 is 6.10 Å². The third kappa shape index (κ3) is 3.24. The zero-order valence-corrected chi connectivity index (χ0v) is 16.2. The predicted molar refractivity (Wildman–Crippen MR) is 103 cm³/mol. The highest BCUT2D eigenvalue weighted by molar-refractivity contribution is 5.82. The van der Waals surface area contributed by atoms with E-state index in [0.29, 0.717) is 47.7 Å². The fourth-order valence-electron chi connectivity index (χ4n) is 3.64. The minimum atomic E-state index is -0.577. The number of hydrogen-bond acceptors (Lipinski definition) is 7. The quantitative estimate of drug-likeness (QED) is 0.706. The van der Waals surface area contributed by atoms with E-state index in [4.69, 9.17) is 23.7 Å². The molecule has 0 heterocycles. The van der Waals surface area contributed by atoms with Gasteiger partial charge in [-0.05, 0) is 48.2 Å². The normalized spacial score (nSPS) is 14.8. The first-order valence-electron chi connectivity index (χ1n) is 8.73. The summed E-state index contributed by atoms with van der Waals surface area (Å²) >= 11 is 0. The number of rotatable bonds is 6. The smallest absolute Gasteiger partial charge is 0.293 e. The molecule has 1 unspecified atom stereocenters. The molecule has 148 valence electrons. The Kier molecular flexibility index (Phi) is 5.73. The van der Waals surface area contributed by atoms with Crippen LogP contribution >= 0.6 is 0 Å². The van der Waals surface area contributed by atoms with Crippen molar-refractivity contribution in [3.05, 3.63) is 45.6 Å². The molecule has 0 saturated heterocycles. The van der Waals surface area contributed by atoms with Crippen LogP contribution in [0.4, 0.5) is 0 Å². The largest absolute Gasteiger partial charge is 0.493 e. The second-order valence-corrected chi connectivity index (χ2v) is 6.22. The van der Waals surface area contributed by atoms with Gasteiger partial charge in [-0.15, -0.1) is 0 Å². The zero-order chi connectivity index (χ0) is 20.3. The van der Waals surface area contributed by atoms with Crippen molar-refractivity contribution < 1.29 is 28.5 Å². The lowest BCUT2D eigenvalue weighted by molar-refractivity contribution is -0.134. The molecular weight excluding hydrogens is 364 g/mol. The van der Waals surface area contributed by atoms with Crippen molar-refractivity contribution in [3.63, 3.8) is 0 Å². The second kappa shape index (κ2) is 8.21. The Morgan fingerprint density at radius 2 is 1.64 bits per heavy atom. The Morgan fingerprint density at radius 1 is 0.929 bits per heavy atom. The molecule has 0 fully saturated rings. The summed E-state index contributed by atoms with van der Waals surface area (Å²) in [7, 11) is 6.07. The van der Waals surface area contributed by atoms with Crippen LogP contribution in [0.15, 0.2) is 29.1 Å². The number of carbonyl (C=O) groups excluding carboxylic acids is 1. The Labute approximate surface area is 162 Å². The molecule has 0 N–H and O–H groups in total. The van der Waals surface area contributed by atoms with Gasteiger partial charge in [0.2, 0.25) is 11.2 Å². The van der Waals surface area contributed by atoms with E-state index in [2.05, 4.69) is 0 Å². The molecule has 1 aliphatic carbocycles. The number of hydrogen-bond donors (Lipinski definition) is 0. The SMILES string of the molecule is COc1cc2c(c(OC)c1OC)-c1ccc(OC)c(=O)cc1C(OC=O)CC2. The van der Waals surface area contributed by atoms with Crippen LogP contribution in [-0.4, -0.2) is 34.9 Å². The van der Waals surface area contributed by atoms with Gasteiger partial charge in [-0.3, -0.25) is 9.59 Å². The summed E-state index contributed by atoms with van der Waals surface area (Å²) in [6.07, 6.45) is 0.517. The first-order chi connectivity index (χ1) is 13.6. The first kappa shape index (κ1) is 19.5. The molecule has 7 heteroatoms. The molecule has 28 heavy (non-hydrogen) atoms. The molecule has 0 saturated carbocycles. The summed E-state index contributed by atoms with van der Waals surface area (Å²) in [5.74, 6) is 1.67. The Balaban J connectivity index is 2.43. The number of carbonyl (C=O) groups is 1. The molecule has 2 aromatic carbocycles. The van der Waals surface area contributed by atoms with Crippen LogP contribution in [0, 0.1) is 0 Å². The van der Waals surface area contributed by atoms with Gasteiger partial charge in [0.25, 0.3) is 6.47 Å². The van der Waals surface area contributed by atoms with Gasteiger partial charge in [0.05, 0.1) is 28.4 Å². The number of aryl methyl sites for hydroxylation is 1. The van der Waals surface area contributed by atoms with E-state index in [0.717, 1.165) is 11.1 Å². The Morgan fingerprint density at radius 3 is 2.25 bits per heavy atom. The summed E-state index contributed by atoms with van der Waals surface area (Å²) in [5.41, 5.74) is 2.70. The summed E-state index contributed by atoms with van der Waals surface area (Å²) in [5, 5.41) is 0. The van der Waals surface area contributed by atoms with Crippen LogP contribution < -0.4 is 24.4 Å². The van der Waals surface area contributed by atoms with Gasteiger partial charge in [-0.25, -0.2) is 0 Å². The highest BCUT2D eigenvalue weighted by Crippen LogP contribution is 2.50. The van der Waals surface area contributed by atoms with Crippen LogP contribution in [-0.2, 0) is 16.0 Å². The van der Waals surface area contributed by atoms with Crippen molar-refractivity contribution >= 4 is 6.47 Å². The minimum Gasteiger partial charge on any atom is -0.493 e. The van der Waals surface area contributed by atoms with Crippen LogP contribution in [0.25, 0.3) is 11.1 Å². The molecule has 2 aromatic rings. The van der Waals surface area contributed by atoms with E-state index in [1.54, 1.807) is 26.4 Å². The van der Waals surface area contributed by atoms with Gasteiger partial charge in [-0.1, -0.05) is 0 Å². The van der Waals surface area contributed by atoms with Crippen molar-refractivity contribution in [3.8, 4) is 34.1 Å². The fourth-order valence-corrected chi connectivity index (χ4v) is 3.64. The van der Waals surface area contributed by atoms with E-state index in [9.17, 15) is 9.59 Å². The van der Waals surface area contributed by atoms with E-state index in [-0.39, 0.29) is 11.2 Å². The van der Waals surface area contributed by atoms with Crippen molar-refractivity contribution in [1.82, 2.24) is 0 Å². The third-order valence-corrected chi connectivity index (χ3v) is 4.89. The lowest BCUT2D eigenvalue weighted by Crippen LogP contribution is -2.07. The van der Waals surface area contributed by atoms with Gasteiger partial charge in [0.15, 0.2) is 17.2 Å². The van der Waals surface area contributed by atoms with Crippen LogP contribution in [0.5, 0.6) is 23.0 Å². The molecular formula is C21H22O7. The van der Waals surface area contributed by atoms with Gasteiger partial charge in [0.1, 0.15) is 6.10 Å². The molecule has 0 amide bonds. The molecule has 0 spiro atoms. The molecule has 3 rings (SSSR count). The van der Waals surface area contributed by atoms with Crippen molar-refractivity contribution in [2.75, 3.05) is 28.4 Å². The van der Waals surface area contributed by atoms with Gasteiger partial charge >= 0.3 is 0 Å². The summed E-state index contributed by atoms with van der Waals surface area (Å²) < 4.78 is 27.2. The second-order valence-electron chi connectivity index (χ2n) is 6.22. The van der Waals surface area contributed by atoms with E-state index in [1.807, 2.05) is 6.07 Å². The first-order valence-corrected chi connectivity index (χ1v) is 8.73. The standard InChI is InChI=1S/C21H22O7/c1-24-17-8-6-13-14(10-15(17)23)16(28-11-22)7-5-12-9-18(25-2)20(26-3)21(27-4)19(12)13/h6,8-11,16H,5,7H2,1-4H3. The minimum absolute atomic E-state index is 0.193. The van der Waals surface area contributed by atoms with Crippen LogP contribution in [0.1, 0.15) is 23.7 Å². The number of fused-ring (bicyclic) bond motifs is 3. The fraction of sp³-hybridized carbons (Fsp3) is 0.333. The van der Waals surface area contributed by atoms with Gasteiger partial charge in [-0.2, -0.15) is 0 Å². The average molecular weight is 386 g/mol. The van der Waals surface area contributed by atoms with Crippen molar-refractivity contribution in [2.45, 2.75) is 18.9 Å². The lowest BCUT2D eigenvalue weighted by atomic mass is 9.96. The highest BCUT2D eigenvalue weighted by Gasteiger charge is 2.29. The van der Waals surface area contributed by atoms with Crippen LogP contribution in [0.2, 0.25) is 0 Å². The predicted octanol–water partition coefficient (Wildman–Crippen LogP) is 2.91. The molecule has 0 aliphatic heterocycles. The number of benzene rings is 1. The Hall–Kier alpha value is -3.22. The zero-order valence-electron chi connectivity index (χ0n) is 16.2. The summed E-state index contributed by atoms with van der Waals surface area (Å²) in [4.78, 5) is 23.6. The molecule has 0 bridgehead atoms. The molecule has 0 radical (unpaired) electrons. The molecule has 0 aromatic heterocycles. The summed E-state index contributed by atoms with van der Waals surface area (Å²) in [6.45, 7) is 0.400. The number of ether oxygens (including phenoxy) is 5. The maximum atomic E-state index is 12.5. The molecule has 1 aliphatic rings.